The van der Waals surface area contributed by atoms with Crippen LogP contribution in [0.15, 0.2) is 18.2 Å². The van der Waals surface area contributed by atoms with Gasteiger partial charge in [-0.2, -0.15) is 13.2 Å². The van der Waals surface area contributed by atoms with Gasteiger partial charge in [-0.3, -0.25) is 10.1 Å². The Morgan fingerprint density at radius 2 is 1.93 bits per heavy atom. The van der Waals surface area contributed by atoms with Crippen LogP contribution in [-0.4, -0.2) is 12.8 Å². The van der Waals surface area contributed by atoms with Gasteiger partial charge >= 0.3 is 6.18 Å². The minimum absolute atomic E-state index is 0.0801. The van der Waals surface area contributed by atoms with Crippen molar-refractivity contribution in [2.75, 3.05) is 0 Å². The number of benzene rings is 1. The lowest BCUT2D eigenvalue weighted by Crippen LogP contribution is -2.06. The first kappa shape index (κ1) is 11.5. The summed E-state index contributed by atoms with van der Waals surface area (Å²) in [5, 5.41) is 10.3. The number of non-ortho nitro benzene ring substituents is 1. The van der Waals surface area contributed by atoms with E-state index in [9.17, 15) is 23.3 Å². The van der Waals surface area contributed by atoms with Crippen LogP contribution in [0.4, 0.5) is 18.9 Å². The fourth-order valence-electron chi connectivity index (χ4n) is 1.06. The average molecular weight is 215 g/mol. The van der Waals surface area contributed by atoms with Crippen molar-refractivity contribution >= 4 is 13.5 Å². The summed E-state index contributed by atoms with van der Waals surface area (Å²) in [4.78, 5) is 9.47. The molecule has 0 atom stereocenters. The summed E-state index contributed by atoms with van der Waals surface area (Å²) in [7, 11) is 5.14. The van der Waals surface area contributed by atoms with Crippen LogP contribution in [0.3, 0.4) is 0 Å². The van der Waals surface area contributed by atoms with Crippen LogP contribution in [0.1, 0.15) is 11.1 Å². The first-order chi connectivity index (χ1) is 6.84. The molecular weight excluding hydrogens is 210 g/mol. The highest BCUT2D eigenvalue weighted by molar-refractivity contribution is 6.08. The van der Waals surface area contributed by atoms with Crippen LogP contribution in [0, 0.1) is 10.1 Å². The molecule has 0 aliphatic carbocycles. The Kier molecular flexibility index (Phi) is 3.02. The Labute approximate surface area is 84.5 Å². The van der Waals surface area contributed by atoms with E-state index >= 15 is 0 Å². The molecule has 1 rings (SSSR count). The van der Waals surface area contributed by atoms with Crippen molar-refractivity contribution in [3.8, 4) is 0 Å². The van der Waals surface area contributed by atoms with E-state index in [1.807, 2.05) is 0 Å². The molecule has 0 N–H and O–H groups in total. The van der Waals surface area contributed by atoms with Gasteiger partial charge < -0.3 is 0 Å². The van der Waals surface area contributed by atoms with Crippen LogP contribution in [0.5, 0.6) is 0 Å². The SMILES string of the molecule is [B]Cc1cc([N+](=O)[O-])cc(C(F)(F)F)c1. The minimum atomic E-state index is -4.60. The Bertz CT molecular complexity index is 392. The van der Waals surface area contributed by atoms with Crippen molar-refractivity contribution in [1.82, 2.24) is 0 Å². The van der Waals surface area contributed by atoms with Crippen LogP contribution < -0.4 is 0 Å². The predicted octanol–water partition coefficient (Wildman–Crippen LogP) is 2.28. The van der Waals surface area contributed by atoms with E-state index in [-0.39, 0.29) is 11.9 Å². The highest BCUT2D eigenvalue weighted by Crippen LogP contribution is 2.32. The Hall–Kier alpha value is -1.53. The van der Waals surface area contributed by atoms with Crippen molar-refractivity contribution in [2.45, 2.75) is 12.5 Å². The van der Waals surface area contributed by atoms with Gasteiger partial charge in [0.15, 0.2) is 0 Å². The number of hydrogen-bond acceptors (Lipinski definition) is 2. The van der Waals surface area contributed by atoms with Gasteiger partial charge in [0.05, 0.1) is 18.3 Å². The number of nitrogens with zero attached hydrogens (tertiary/aromatic N) is 1. The molecule has 0 spiro atoms. The summed E-state index contributed by atoms with van der Waals surface area (Å²) in [5.41, 5.74) is -1.58. The topological polar surface area (TPSA) is 43.1 Å². The molecule has 78 valence electrons. The lowest BCUT2D eigenvalue weighted by Gasteiger charge is -2.07. The molecule has 2 radical (unpaired) electrons. The largest absolute Gasteiger partial charge is 0.416 e. The number of nitro benzene ring substituents is 1. The number of hydrogen-bond donors (Lipinski definition) is 0. The lowest BCUT2D eigenvalue weighted by molar-refractivity contribution is -0.385. The van der Waals surface area contributed by atoms with Crippen molar-refractivity contribution in [1.29, 1.82) is 0 Å². The maximum absolute atomic E-state index is 12.3. The maximum Gasteiger partial charge on any atom is 0.416 e. The summed E-state index contributed by atoms with van der Waals surface area (Å²) in [6.07, 6.45) is -4.78. The molecule has 0 heterocycles. The van der Waals surface area contributed by atoms with E-state index in [1.165, 1.54) is 0 Å². The Balaban J connectivity index is 3.30. The summed E-state index contributed by atoms with van der Waals surface area (Å²) in [5.74, 6) is 0. The Morgan fingerprint density at radius 1 is 1.33 bits per heavy atom. The monoisotopic (exact) mass is 215 g/mol. The van der Waals surface area contributed by atoms with Gasteiger partial charge in [0.1, 0.15) is 0 Å². The van der Waals surface area contributed by atoms with E-state index in [4.69, 9.17) is 7.85 Å². The molecule has 1 aromatic carbocycles. The van der Waals surface area contributed by atoms with E-state index in [0.717, 1.165) is 12.1 Å². The molecule has 0 aliphatic rings. The standard InChI is InChI=1S/C8H5BF3NO2/c9-4-5-1-6(8(10,11)12)3-7(2-5)13(14)15/h1-3H,4H2. The fourth-order valence-corrected chi connectivity index (χ4v) is 1.06. The van der Waals surface area contributed by atoms with Crippen molar-refractivity contribution in [2.24, 2.45) is 0 Å². The van der Waals surface area contributed by atoms with Gasteiger partial charge in [-0.25, -0.2) is 0 Å². The van der Waals surface area contributed by atoms with Gasteiger partial charge in [-0.15, -0.1) is 0 Å². The van der Waals surface area contributed by atoms with Crippen molar-refractivity contribution in [3.05, 3.63) is 39.4 Å². The molecule has 7 heteroatoms. The molecular formula is C8H5BF3NO2. The van der Waals surface area contributed by atoms with E-state index in [2.05, 4.69) is 0 Å². The smallest absolute Gasteiger partial charge is 0.258 e. The Morgan fingerprint density at radius 3 is 2.33 bits per heavy atom. The molecule has 3 nitrogen and oxygen atoms in total. The van der Waals surface area contributed by atoms with Gasteiger partial charge in [0.2, 0.25) is 0 Å². The third-order valence-corrected chi connectivity index (χ3v) is 1.75. The van der Waals surface area contributed by atoms with Gasteiger partial charge in [-0.05, 0) is 11.6 Å². The number of rotatable bonds is 2. The molecule has 0 aliphatic heterocycles. The zero-order chi connectivity index (χ0) is 11.6. The van der Waals surface area contributed by atoms with E-state index in [1.54, 1.807) is 0 Å². The molecule has 0 saturated heterocycles. The zero-order valence-corrected chi connectivity index (χ0v) is 7.41. The maximum atomic E-state index is 12.3. The summed E-state index contributed by atoms with van der Waals surface area (Å²) in [6, 6.07) is 2.31. The van der Waals surface area contributed by atoms with Gasteiger partial charge in [-0.1, -0.05) is 6.32 Å². The zero-order valence-electron chi connectivity index (χ0n) is 7.41. The molecule has 1 aromatic rings. The molecule has 0 aromatic heterocycles. The normalized spacial score (nSPS) is 11.4. The van der Waals surface area contributed by atoms with Crippen molar-refractivity contribution < 1.29 is 18.1 Å². The highest BCUT2D eigenvalue weighted by Gasteiger charge is 2.32. The third-order valence-electron chi connectivity index (χ3n) is 1.75. The van der Waals surface area contributed by atoms with E-state index < -0.39 is 22.4 Å². The summed E-state index contributed by atoms with van der Waals surface area (Å²) < 4.78 is 36.9. The van der Waals surface area contributed by atoms with Gasteiger partial charge in [0, 0.05) is 12.1 Å². The summed E-state index contributed by atoms with van der Waals surface area (Å²) in [6.45, 7) is 0. The van der Waals surface area contributed by atoms with Crippen LogP contribution in [0.25, 0.3) is 0 Å². The first-order valence-corrected chi connectivity index (χ1v) is 3.90. The minimum Gasteiger partial charge on any atom is -0.258 e. The molecule has 0 saturated carbocycles. The average Bonchev–Trinajstić information content (AvgIpc) is 2.15. The second-order valence-electron chi connectivity index (χ2n) is 2.85. The molecule has 0 amide bonds. The van der Waals surface area contributed by atoms with E-state index in [0.29, 0.717) is 6.07 Å². The summed E-state index contributed by atoms with van der Waals surface area (Å²) >= 11 is 0. The number of halogens is 3. The van der Waals surface area contributed by atoms with Crippen LogP contribution in [0.2, 0.25) is 0 Å². The number of nitro groups is 1. The highest BCUT2D eigenvalue weighted by atomic mass is 19.4. The number of alkyl halides is 3. The second-order valence-corrected chi connectivity index (χ2v) is 2.85. The third kappa shape index (κ3) is 2.71. The fraction of sp³-hybridized carbons (Fsp3) is 0.250. The van der Waals surface area contributed by atoms with Gasteiger partial charge in [0.25, 0.3) is 5.69 Å². The van der Waals surface area contributed by atoms with Crippen LogP contribution in [-0.2, 0) is 12.5 Å². The molecule has 15 heavy (non-hydrogen) atoms. The molecule has 0 unspecified atom stereocenters. The van der Waals surface area contributed by atoms with Crippen molar-refractivity contribution in [3.63, 3.8) is 0 Å². The second kappa shape index (κ2) is 3.92. The molecule has 0 fully saturated rings. The van der Waals surface area contributed by atoms with Crippen LogP contribution >= 0.6 is 0 Å². The first-order valence-electron chi connectivity index (χ1n) is 3.90. The lowest BCUT2D eigenvalue weighted by atomic mass is 9.95. The predicted molar refractivity (Wildman–Crippen MR) is 47.6 cm³/mol. The molecule has 0 bridgehead atoms. The quantitative estimate of drug-likeness (QED) is 0.431.